The number of carbonyl (C=O) groups is 1. The number of ether oxygens (including phenoxy) is 2. The molecule has 1 aliphatic rings. The fraction of sp³-hybridized carbons (Fsp3) is 0.971. The maximum atomic E-state index is 12.8. The minimum atomic E-state index is -1.60. The van der Waals surface area contributed by atoms with Crippen LogP contribution in [0.1, 0.15) is 149 Å². The molecule has 0 aliphatic carbocycles. The highest BCUT2D eigenvalue weighted by Crippen LogP contribution is 2.23. The maximum Gasteiger partial charge on any atom is 0.220 e. The van der Waals surface area contributed by atoms with Crippen LogP contribution in [0, 0.1) is 0 Å². The first-order chi connectivity index (χ1) is 21.3. The smallest absolute Gasteiger partial charge is 0.220 e. The van der Waals surface area contributed by atoms with Gasteiger partial charge in [-0.25, -0.2) is 0 Å². The van der Waals surface area contributed by atoms with Crippen LogP contribution in [-0.4, -0.2) is 98.7 Å². The van der Waals surface area contributed by atoms with Crippen LogP contribution in [0.5, 0.6) is 0 Å². The highest BCUT2D eigenvalue weighted by Gasteiger charge is 2.44. The third kappa shape index (κ3) is 17.7. The Kier molecular flexibility index (Phi) is 24.6. The molecular formula is C34H67NO9. The lowest BCUT2D eigenvalue weighted by Crippen LogP contribution is -2.60. The van der Waals surface area contributed by atoms with Crippen LogP contribution in [0.15, 0.2) is 0 Å². The Morgan fingerprint density at radius 2 is 1.18 bits per heavy atom. The second-order valence-corrected chi connectivity index (χ2v) is 12.8. The summed E-state index contributed by atoms with van der Waals surface area (Å²) >= 11 is 0. The van der Waals surface area contributed by atoms with E-state index in [4.69, 9.17) is 9.47 Å². The highest BCUT2D eigenvalue weighted by atomic mass is 16.7. The molecule has 1 rings (SSSR count). The molecule has 0 aromatic rings. The molecule has 1 heterocycles. The Morgan fingerprint density at radius 1 is 0.705 bits per heavy atom. The van der Waals surface area contributed by atoms with Crippen LogP contribution in [0.2, 0.25) is 0 Å². The van der Waals surface area contributed by atoms with Gasteiger partial charge in [0.05, 0.1) is 25.4 Å². The van der Waals surface area contributed by atoms with E-state index in [-0.39, 0.29) is 18.9 Å². The summed E-state index contributed by atoms with van der Waals surface area (Å²) in [4.78, 5) is 12.8. The number of hydrogen-bond donors (Lipinski definition) is 7. The molecule has 1 amide bonds. The molecule has 0 aromatic heterocycles. The summed E-state index contributed by atoms with van der Waals surface area (Å²) in [7, 11) is 0. The molecule has 0 spiro atoms. The normalized spacial score (nSPS) is 24.2. The van der Waals surface area contributed by atoms with E-state index in [1.54, 1.807) is 0 Å². The third-order valence-electron chi connectivity index (χ3n) is 8.80. The maximum absolute atomic E-state index is 12.8. The van der Waals surface area contributed by atoms with Gasteiger partial charge in [-0.1, -0.05) is 129 Å². The number of aliphatic hydroxyl groups is 6. The molecule has 44 heavy (non-hydrogen) atoms. The van der Waals surface area contributed by atoms with Crippen molar-refractivity contribution >= 4 is 5.91 Å². The summed E-state index contributed by atoms with van der Waals surface area (Å²) in [5.74, 6) is -0.263. The first-order valence-electron chi connectivity index (χ1n) is 17.8. The van der Waals surface area contributed by atoms with Gasteiger partial charge in [-0.15, -0.1) is 0 Å². The van der Waals surface area contributed by atoms with Crippen molar-refractivity contribution in [2.45, 2.75) is 198 Å². The van der Waals surface area contributed by atoms with Crippen molar-refractivity contribution in [3.05, 3.63) is 0 Å². The van der Waals surface area contributed by atoms with Crippen LogP contribution in [-0.2, 0) is 14.3 Å². The summed E-state index contributed by atoms with van der Waals surface area (Å²) in [6.07, 6.45) is 12.7. The van der Waals surface area contributed by atoms with Crippen LogP contribution in [0.3, 0.4) is 0 Å². The number of rotatable bonds is 28. The van der Waals surface area contributed by atoms with Crippen LogP contribution in [0.25, 0.3) is 0 Å². The van der Waals surface area contributed by atoms with E-state index in [1.807, 2.05) is 0 Å². The second kappa shape index (κ2) is 26.2. The number of nitrogens with one attached hydrogen (secondary N) is 1. The SMILES string of the molecule is CCCCCCCCCCCC[C@@H](O)[C@@H](O)[C@H](CO[C@@H]1O[C@H](CO)[C@H](O)C(O)C1O)NC(=O)CCCCCCCCCCC. The number of aliphatic hydroxyl groups excluding tert-OH is 6. The van der Waals surface area contributed by atoms with E-state index in [0.29, 0.717) is 6.42 Å². The van der Waals surface area contributed by atoms with Crippen LogP contribution < -0.4 is 5.32 Å². The van der Waals surface area contributed by atoms with Crippen LogP contribution in [0.4, 0.5) is 0 Å². The van der Waals surface area contributed by atoms with Gasteiger partial charge in [0.25, 0.3) is 0 Å². The molecule has 0 aromatic carbocycles. The minimum Gasteiger partial charge on any atom is -0.394 e. The Bertz CT molecular complexity index is 683. The molecule has 0 radical (unpaired) electrons. The Labute approximate surface area is 266 Å². The molecule has 1 saturated heterocycles. The lowest BCUT2D eigenvalue weighted by atomic mass is 9.98. The first kappa shape index (κ1) is 41.2. The van der Waals surface area contributed by atoms with Gasteiger partial charge in [0.2, 0.25) is 5.91 Å². The summed E-state index contributed by atoms with van der Waals surface area (Å²) in [5.41, 5.74) is 0. The molecule has 0 saturated carbocycles. The van der Waals surface area contributed by atoms with Crippen LogP contribution >= 0.6 is 0 Å². The van der Waals surface area contributed by atoms with Gasteiger partial charge >= 0.3 is 0 Å². The zero-order chi connectivity index (χ0) is 32.6. The Balaban J connectivity index is 2.56. The number of unbranched alkanes of at least 4 members (excludes halogenated alkanes) is 17. The van der Waals surface area contributed by atoms with E-state index < -0.39 is 55.6 Å². The van der Waals surface area contributed by atoms with E-state index in [1.165, 1.54) is 70.6 Å². The zero-order valence-electron chi connectivity index (χ0n) is 27.8. The van der Waals surface area contributed by atoms with Crippen molar-refractivity contribution in [3.8, 4) is 0 Å². The number of hydrogen-bond acceptors (Lipinski definition) is 9. The average molecular weight is 634 g/mol. The summed E-state index contributed by atoms with van der Waals surface area (Å²) < 4.78 is 11.1. The highest BCUT2D eigenvalue weighted by molar-refractivity contribution is 5.76. The third-order valence-corrected chi connectivity index (χ3v) is 8.80. The molecule has 0 bridgehead atoms. The van der Waals surface area contributed by atoms with Gasteiger partial charge in [0, 0.05) is 6.42 Å². The van der Waals surface area contributed by atoms with Crippen molar-refractivity contribution in [3.63, 3.8) is 0 Å². The van der Waals surface area contributed by atoms with Gasteiger partial charge in [0.1, 0.15) is 30.5 Å². The first-order valence-corrected chi connectivity index (χ1v) is 17.8. The lowest BCUT2D eigenvalue weighted by molar-refractivity contribution is -0.303. The minimum absolute atomic E-state index is 0.263. The van der Waals surface area contributed by atoms with Gasteiger partial charge in [-0.3, -0.25) is 4.79 Å². The Morgan fingerprint density at radius 3 is 1.68 bits per heavy atom. The quantitative estimate of drug-likeness (QED) is 0.0623. The fourth-order valence-electron chi connectivity index (χ4n) is 5.78. The van der Waals surface area contributed by atoms with Crippen molar-refractivity contribution in [2.24, 2.45) is 0 Å². The molecular weight excluding hydrogens is 566 g/mol. The summed E-state index contributed by atoms with van der Waals surface area (Å²) in [6.45, 7) is 3.52. The van der Waals surface area contributed by atoms with Gasteiger partial charge < -0.3 is 45.4 Å². The van der Waals surface area contributed by atoms with Crippen molar-refractivity contribution in [2.75, 3.05) is 13.2 Å². The van der Waals surface area contributed by atoms with E-state index in [0.717, 1.165) is 51.4 Å². The zero-order valence-corrected chi connectivity index (χ0v) is 27.8. The molecule has 1 aliphatic heterocycles. The Hall–Kier alpha value is -0.850. The molecule has 10 nitrogen and oxygen atoms in total. The topological polar surface area (TPSA) is 169 Å². The monoisotopic (exact) mass is 633 g/mol. The van der Waals surface area contributed by atoms with E-state index in [2.05, 4.69) is 19.2 Å². The standard InChI is InChI=1S/C34H67NO9/c1-3-5-7-9-11-13-15-16-18-20-22-27(37)30(39)26(25-43-34-33(42)32(41)31(40)28(24-36)44-34)35-29(38)23-21-19-17-14-12-10-8-6-4-2/h26-28,30-34,36-37,39-42H,3-25H2,1-2H3,(H,35,38)/t26-,27+,28+,30-,31-,32?,33?,34+/m0/s1. The summed E-state index contributed by atoms with van der Waals surface area (Å²) in [6, 6.07) is -0.980. The molecule has 10 heteroatoms. The molecule has 7 N–H and O–H groups in total. The van der Waals surface area contributed by atoms with Gasteiger partial charge in [-0.05, 0) is 12.8 Å². The van der Waals surface area contributed by atoms with Gasteiger partial charge in [-0.2, -0.15) is 0 Å². The van der Waals surface area contributed by atoms with E-state index >= 15 is 0 Å². The average Bonchev–Trinajstić information content (AvgIpc) is 3.02. The molecule has 8 atom stereocenters. The predicted octanol–water partition coefficient (Wildman–Crippen LogP) is 4.24. The largest absolute Gasteiger partial charge is 0.394 e. The fourth-order valence-corrected chi connectivity index (χ4v) is 5.78. The molecule has 1 fully saturated rings. The van der Waals surface area contributed by atoms with Crippen molar-refractivity contribution < 1.29 is 44.9 Å². The number of carbonyl (C=O) groups excluding carboxylic acids is 1. The molecule has 262 valence electrons. The molecule has 2 unspecified atom stereocenters. The van der Waals surface area contributed by atoms with Crippen molar-refractivity contribution in [1.29, 1.82) is 0 Å². The summed E-state index contributed by atoms with van der Waals surface area (Å²) in [5, 5.41) is 64.5. The lowest BCUT2D eigenvalue weighted by Gasteiger charge is -2.40. The predicted molar refractivity (Wildman–Crippen MR) is 172 cm³/mol. The van der Waals surface area contributed by atoms with Gasteiger partial charge in [0.15, 0.2) is 6.29 Å². The second-order valence-electron chi connectivity index (χ2n) is 12.8. The number of amides is 1. The van der Waals surface area contributed by atoms with Crippen molar-refractivity contribution in [1.82, 2.24) is 5.32 Å². The van der Waals surface area contributed by atoms with E-state index in [9.17, 15) is 35.4 Å².